The van der Waals surface area contributed by atoms with E-state index in [1.807, 2.05) is 36.0 Å². The number of thioether (sulfide) groups is 1. The lowest BCUT2D eigenvalue weighted by Gasteiger charge is -2.31. The summed E-state index contributed by atoms with van der Waals surface area (Å²) < 4.78 is 17.4. The van der Waals surface area contributed by atoms with Gasteiger partial charge in [0, 0.05) is 16.3 Å². The van der Waals surface area contributed by atoms with Gasteiger partial charge in [0.15, 0.2) is 11.5 Å². The van der Waals surface area contributed by atoms with Crippen LogP contribution in [-0.4, -0.2) is 25.6 Å². The molecule has 5 nitrogen and oxygen atoms in total. The maximum atomic E-state index is 5.96. The molecule has 3 aliphatic rings. The molecule has 2 unspecified atom stereocenters. The summed E-state index contributed by atoms with van der Waals surface area (Å²) in [6.07, 6.45) is 0. The predicted molar refractivity (Wildman–Crippen MR) is 119 cm³/mol. The van der Waals surface area contributed by atoms with Crippen LogP contribution in [-0.2, 0) is 0 Å². The molecule has 30 heavy (non-hydrogen) atoms. The average molecular weight is 419 g/mol. The third-order valence-electron chi connectivity index (χ3n) is 5.73. The van der Waals surface area contributed by atoms with Crippen LogP contribution in [0.2, 0.25) is 0 Å². The summed E-state index contributed by atoms with van der Waals surface area (Å²) in [5.41, 5.74) is 4.65. The Labute approximate surface area is 179 Å². The molecule has 6 rings (SSSR count). The van der Waals surface area contributed by atoms with Crippen LogP contribution in [0.1, 0.15) is 23.2 Å². The Morgan fingerprint density at radius 2 is 1.50 bits per heavy atom. The monoisotopic (exact) mass is 418 g/mol. The van der Waals surface area contributed by atoms with Crippen molar-refractivity contribution in [3.63, 3.8) is 0 Å². The van der Waals surface area contributed by atoms with Crippen LogP contribution in [0.15, 0.2) is 65.6 Å². The maximum absolute atomic E-state index is 5.96. The molecule has 0 fully saturated rings. The van der Waals surface area contributed by atoms with Gasteiger partial charge in [0.1, 0.15) is 25.6 Å². The van der Waals surface area contributed by atoms with Gasteiger partial charge in [0.05, 0.1) is 17.8 Å². The summed E-state index contributed by atoms with van der Waals surface area (Å²) in [4.78, 5) is 1.28. The van der Waals surface area contributed by atoms with Crippen molar-refractivity contribution in [2.45, 2.75) is 17.0 Å². The molecule has 6 heteroatoms. The summed E-state index contributed by atoms with van der Waals surface area (Å²) >= 11 is 1.89. The van der Waals surface area contributed by atoms with E-state index in [4.69, 9.17) is 14.2 Å². The lowest BCUT2D eigenvalue weighted by Crippen LogP contribution is -2.24. The highest BCUT2D eigenvalue weighted by Gasteiger charge is 2.25. The number of anilines is 2. The summed E-state index contributed by atoms with van der Waals surface area (Å²) in [6.45, 7) is 1.84. The Bertz CT molecular complexity index is 1100. The van der Waals surface area contributed by atoms with Gasteiger partial charge in [0.25, 0.3) is 0 Å². The smallest absolute Gasteiger partial charge is 0.161 e. The Morgan fingerprint density at radius 1 is 0.700 bits per heavy atom. The van der Waals surface area contributed by atoms with Gasteiger partial charge in [-0.3, -0.25) is 0 Å². The van der Waals surface area contributed by atoms with Crippen molar-refractivity contribution in [3.05, 3.63) is 71.8 Å². The first kappa shape index (κ1) is 17.8. The molecule has 152 valence electrons. The van der Waals surface area contributed by atoms with E-state index in [0.717, 1.165) is 28.7 Å². The molecule has 2 N–H and O–H groups in total. The summed E-state index contributed by atoms with van der Waals surface area (Å²) in [7, 11) is 0. The second-order valence-corrected chi connectivity index (χ2v) is 8.73. The van der Waals surface area contributed by atoms with Crippen LogP contribution in [0, 0.1) is 0 Å². The van der Waals surface area contributed by atoms with Crippen LogP contribution in [0.3, 0.4) is 0 Å². The molecule has 0 aromatic heterocycles. The number of fused-ring (bicyclic) bond motifs is 3. The van der Waals surface area contributed by atoms with E-state index in [2.05, 4.69) is 47.0 Å². The SMILES string of the molecule is c1ccc2c(c1)NC(c1ccc3c(c1)NC(c1ccc4c(c1)OCCO4)CS3)CO2. The number of hydrogen-bond acceptors (Lipinski definition) is 6. The van der Waals surface area contributed by atoms with Gasteiger partial charge in [-0.15, -0.1) is 11.8 Å². The van der Waals surface area contributed by atoms with Crippen LogP contribution < -0.4 is 24.8 Å². The normalized spacial score (nSPS) is 21.3. The van der Waals surface area contributed by atoms with E-state index < -0.39 is 0 Å². The molecule has 3 aromatic rings. The number of ether oxygens (including phenoxy) is 3. The first-order chi connectivity index (χ1) is 14.8. The lowest BCUT2D eigenvalue weighted by molar-refractivity contribution is 0.171. The van der Waals surface area contributed by atoms with Crippen molar-refractivity contribution in [3.8, 4) is 17.2 Å². The molecule has 3 aromatic carbocycles. The standard InChI is InChI=1S/C24H22N2O3S/c1-2-4-21-17(3-1)25-19(13-29-21)15-6-8-24-18(11-15)26-20(14-30-24)16-5-7-22-23(12-16)28-10-9-27-22/h1-8,11-12,19-20,25-26H,9-10,13-14H2. The largest absolute Gasteiger partial charge is 0.489 e. The summed E-state index contributed by atoms with van der Waals surface area (Å²) in [6, 6.07) is 21.4. The van der Waals surface area contributed by atoms with Crippen molar-refractivity contribution >= 4 is 23.1 Å². The molecular weight excluding hydrogens is 396 g/mol. The lowest BCUT2D eigenvalue weighted by atomic mass is 10.0. The second kappa shape index (κ2) is 7.36. The van der Waals surface area contributed by atoms with Crippen LogP contribution in [0.25, 0.3) is 0 Å². The Balaban J connectivity index is 1.24. The van der Waals surface area contributed by atoms with E-state index in [9.17, 15) is 0 Å². The molecule has 2 atom stereocenters. The van der Waals surface area contributed by atoms with Crippen molar-refractivity contribution in [1.29, 1.82) is 0 Å². The fraction of sp³-hybridized carbons (Fsp3) is 0.250. The highest BCUT2D eigenvalue weighted by Crippen LogP contribution is 2.42. The van der Waals surface area contributed by atoms with Gasteiger partial charge < -0.3 is 24.8 Å². The van der Waals surface area contributed by atoms with Gasteiger partial charge in [0.2, 0.25) is 0 Å². The van der Waals surface area contributed by atoms with Gasteiger partial charge in [-0.05, 0) is 47.5 Å². The summed E-state index contributed by atoms with van der Waals surface area (Å²) in [5, 5.41) is 7.34. The third kappa shape index (κ3) is 3.21. The summed E-state index contributed by atoms with van der Waals surface area (Å²) in [5.74, 6) is 3.57. The van der Waals surface area contributed by atoms with E-state index in [1.54, 1.807) is 0 Å². The Hall–Kier alpha value is -2.99. The second-order valence-electron chi connectivity index (χ2n) is 7.67. The molecule has 0 aliphatic carbocycles. The molecule has 0 saturated heterocycles. The van der Waals surface area contributed by atoms with Crippen LogP contribution in [0.4, 0.5) is 11.4 Å². The average Bonchev–Trinajstić information content (AvgIpc) is 2.82. The van der Waals surface area contributed by atoms with Crippen molar-refractivity contribution in [1.82, 2.24) is 0 Å². The van der Waals surface area contributed by atoms with E-state index >= 15 is 0 Å². The molecule has 0 amide bonds. The predicted octanol–water partition coefficient (Wildman–Crippen LogP) is 5.26. The minimum atomic E-state index is 0.131. The van der Waals surface area contributed by atoms with Gasteiger partial charge in [-0.2, -0.15) is 0 Å². The zero-order valence-electron chi connectivity index (χ0n) is 16.4. The zero-order chi connectivity index (χ0) is 19.9. The fourth-order valence-corrected chi connectivity index (χ4v) is 5.22. The quantitative estimate of drug-likeness (QED) is 0.592. The number of rotatable bonds is 2. The van der Waals surface area contributed by atoms with Crippen LogP contribution >= 0.6 is 11.8 Å². The number of nitrogens with one attached hydrogen (secondary N) is 2. The Kier molecular flexibility index (Phi) is 4.38. The first-order valence-corrected chi connectivity index (χ1v) is 11.2. The van der Waals surface area contributed by atoms with E-state index in [0.29, 0.717) is 19.8 Å². The Morgan fingerprint density at radius 3 is 2.47 bits per heavy atom. The van der Waals surface area contributed by atoms with Gasteiger partial charge in [-0.25, -0.2) is 0 Å². The van der Waals surface area contributed by atoms with E-state index in [-0.39, 0.29) is 12.1 Å². The van der Waals surface area contributed by atoms with Crippen LogP contribution in [0.5, 0.6) is 17.2 Å². The minimum absolute atomic E-state index is 0.131. The molecule has 0 radical (unpaired) electrons. The van der Waals surface area contributed by atoms with Crippen molar-refractivity contribution < 1.29 is 14.2 Å². The highest BCUT2D eigenvalue weighted by atomic mass is 32.2. The molecular formula is C24H22N2O3S. The molecule has 0 saturated carbocycles. The number of benzene rings is 3. The van der Waals surface area contributed by atoms with Crippen molar-refractivity contribution in [2.24, 2.45) is 0 Å². The fourth-order valence-electron chi connectivity index (χ4n) is 4.16. The highest BCUT2D eigenvalue weighted by molar-refractivity contribution is 7.99. The zero-order valence-corrected chi connectivity index (χ0v) is 17.2. The molecule has 3 heterocycles. The van der Waals surface area contributed by atoms with Gasteiger partial charge >= 0.3 is 0 Å². The number of para-hydroxylation sites is 2. The first-order valence-electron chi connectivity index (χ1n) is 10.2. The van der Waals surface area contributed by atoms with Crippen molar-refractivity contribution in [2.75, 3.05) is 36.2 Å². The minimum Gasteiger partial charge on any atom is -0.489 e. The van der Waals surface area contributed by atoms with Gasteiger partial charge in [-0.1, -0.05) is 24.3 Å². The topological polar surface area (TPSA) is 51.8 Å². The molecule has 3 aliphatic heterocycles. The molecule has 0 bridgehead atoms. The maximum Gasteiger partial charge on any atom is 0.161 e. The van der Waals surface area contributed by atoms with E-state index in [1.165, 1.54) is 21.7 Å². The number of hydrogen-bond donors (Lipinski definition) is 2. The molecule has 0 spiro atoms. The third-order valence-corrected chi connectivity index (χ3v) is 6.90.